The van der Waals surface area contributed by atoms with E-state index in [-0.39, 0.29) is 0 Å². The number of nitrogens with zero attached hydrogens (tertiary/aromatic N) is 2. The maximum atomic E-state index is 8.72. The summed E-state index contributed by atoms with van der Waals surface area (Å²) in [4.78, 5) is 3.91. The first kappa shape index (κ1) is 10.7. The van der Waals surface area contributed by atoms with Gasteiger partial charge in [0.25, 0.3) is 0 Å². The van der Waals surface area contributed by atoms with Gasteiger partial charge in [-0.2, -0.15) is 5.26 Å². The molecule has 0 spiro atoms. The third kappa shape index (κ3) is 2.59. The largest absolute Gasteiger partial charge is 0.355 e. The number of benzene rings is 1. The second-order valence-corrected chi connectivity index (χ2v) is 4.09. The Kier molecular flexibility index (Phi) is 3.18. The second-order valence-electron chi connectivity index (χ2n) is 3.17. The molecule has 0 unspecified atom stereocenters. The van der Waals surface area contributed by atoms with Crippen molar-refractivity contribution in [1.82, 2.24) is 4.98 Å². The van der Waals surface area contributed by atoms with Crippen LogP contribution in [-0.2, 0) is 0 Å². The predicted molar refractivity (Wildman–Crippen MR) is 66.4 cm³/mol. The molecule has 0 saturated heterocycles. The maximum Gasteiger partial charge on any atom is 0.142 e. The summed E-state index contributed by atoms with van der Waals surface area (Å²) >= 11 is 3.37. The van der Waals surface area contributed by atoms with E-state index in [9.17, 15) is 0 Å². The van der Waals surface area contributed by atoms with Gasteiger partial charge in [0, 0.05) is 22.0 Å². The molecule has 0 bridgehead atoms. The van der Waals surface area contributed by atoms with Gasteiger partial charge in [-0.3, -0.25) is 0 Å². The zero-order valence-corrected chi connectivity index (χ0v) is 9.90. The molecule has 3 nitrogen and oxygen atoms in total. The smallest absolute Gasteiger partial charge is 0.142 e. The van der Waals surface area contributed by atoms with Crippen molar-refractivity contribution in [2.24, 2.45) is 0 Å². The first-order valence-corrected chi connectivity index (χ1v) is 5.46. The van der Waals surface area contributed by atoms with E-state index in [0.29, 0.717) is 5.69 Å². The molecule has 0 aliphatic carbocycles. The van der Waals surface area contributed by atoms with Crippen molar-refractivity contribution in [2.45, 2.75) is 0 Å². The Bertz CT molecular complexity index is 529. The highest BCUT2D eigenvalue weighted by Gasteiger charge is 1.97. The van der Waals surface area contributed by atoms with Crippen LogP contribution in [0.3, 0.4) is 0 Å². The normalized spacial score (nSPS) is 9.50. The van der Waals surface area contributed by atoms with Gasteiger partial charge in [-0.05, 0) is 36.4 Å². The van der Waals surface area contributed by atoms with Gasteiger partial charge in [-0.15, -0.1) is 0 Å². The van der Waals surface area contributed by atoms with Crippen LogP contribution >= 0.6 is 15.9 Å². The van der Waals surface area contributed by atoms with E-state index in [1.54, 1.807) is 12.3 Å². The average molecular weight is 274 g/mol. The van der Waals surface area contributed by atoms with Gasteiger partial charge in [0.15, 0.2) is 0 Å². The number of rotatable bonds is 2. The van der Waals surface area contributed by atoms with Crippen LogP contribution < -0.4 is 5.32 Å². The highest BCUT2D eigenvalue weighted by Crippen LogP contribution is 2.19. The first-order valence-electron chi connectivity index (χ1n) is 4.67. The fourth-order valence-electron chi connectivity index (χ4n) is 1.27. The standard InChI is InChI=1S/C12H8BrN3/c13-9-1-3-10(4-2-9)16-11-5-6-15-12(7-11)8-14/h1-7H,(H,15,16). The average Bonchev–Trinajstić information content (AvgIpc) is 2.32. The quantitative estimate of drug-likeness (QED) is 0.912. The number of hydrogen-bond acceptors (Lipinski definition) is 3. The highest BCUT2D eigenvalue weighted by atomic mass is 79.9. The van der Waals surface area contributed by atoms with E-state index < -0.39 is 0 Å². The third-order valence-electron chi connectivity index (χ3n) is 2.01. The van der Waals surface area contributed by atoms with Crippen LogP contribution in [-0.4, -0.2) is 4.98 Å². The van der Waals surface area contributed by atoms with E-state index in [4.69, 9.17) is 5.26 Å². The van der Waals surface area contributed by atoms with E-state index in [1.165, 1.54) is 0 Å². The molecule has 16 heavy (non-hydrogen) atoms. The number of halogens is 1. The molecule has 0 atom stereocenters. The van der Waals surface area contributed by atoms with Crippen LogP contribution in [0.1, 0.15) is 5.69 Å². The van der Waals surface area contributed by atoms with E-state index in [2.05, 4.69) is 26.2 Å². The van der Waals surface area contributed by atoms with Crippen molar-refractivity contribution in [1.29, 1.82) is 5.26 Å². The molecule has 0 amide bonds. The molecular formula is C12H8BrN3. The Hall–Kier alpha value is -1.86. The molecule has 1 N–H and O–H groups in total. The van der Waals surface area contributed by atoms with Crippen molar-refractivity contribution < 1.29 is 0 Å². The Morgan fingerprint density at radius 3 is 2.56 bits per heavy atom. The molecule has 4 heteroatoms. The molecule has 2 aromatic rings. The summed E-state index contributed by atoms with van der Waals surface area (Å²) in [5.74, 6) is 0. The summed E-state index contributed by atoms with van der Waals surface area (Å²) in [6, 6.07) is 13.4. The lowest BCUT2D eigenvalue weighted by atomic mass is 10.3. The third-order valence-corrected chi connectivity index (χ3v) is 2.54. The Labute approximate surface area is 102 Å². The molecule has 0 radical (unpaired) electrons. The fourth-order valence-corrected chi connectivity index (χ4v) is 1.53. The van der Waals surface area contributed by atoms with E-state index >= 15 is 0 Å². The maximum absolute atomic E-state index is 8.72. The number of hydrogen-bond donors (Lipinski definition) is 1. The molecule has 0 saturated carbocycles. The summed E-state index contributed by atoms with van der Waals surface area (Å²) in [6.45, 7) is 0. The van der Waals surface area contributed by atoms with Gasteiger partial charge in [-0.25, -0.2) is 4.98 Å². The van der Waals surface area contributed by atoms with Crippen LogP contribution in [0.15, 0.2) is 47.1 Å². The zero-order chi connectivity index (χ0) is 11.4. The van der Waals surface area contributed by atoms with Crippen LogP contribution in [0.25, 0.3) is 0 Å². The molecule has 0 aliphatic heterocycles. The van der Waals surface area contributed by atoms with Gasteiger partial charge >= 0.3 is 0 Å². The number of pyridine rings is 1. The van der Waals surface area contributed by atoms with Crippen LogP contribution in [0, 0.1) is 11.3 Å². The van der Waals surface area contributed by atoms with Crippen LogP contribution in [0.2, 0.25) is 0 Å². The number of nitrogens with one attached hydrogen (secondary N) is 1. The highest BCUT2D eigenvalue weighted by molar-refractivity contribution is 9.10. The SMILES string of the molecule is N#Cc1cc(Nc2ccc(Br)cc2)ccn1. The van der Waals surface area contributed by atoms with Crippen LogP contribution in [0.5, 0.6) is 0 Å². The summed E-state index contributed by atoms with van der Waals surface area (Å²) < 4.78 is 1.03. The Balaban J connectivity index is 2.21. The molecule has 1 heterocycles. The topological polar surface area (TPSA) is 48.7 Å². The van der Waals surface area contributed by atoms with Crippen molar-refractivity contribution in [3.63, 3.8) is 0 Å². The Morgan fingerprint density at radius 2 is 1.88 bits per heavy atom. The molecule has 0 aliphatic rings. The number of nitriles is 1. The zero-order valence-electron chi connectivity index (χ0n) is 8.31. The molecule has 78 valence electrons. The van der Waals surface area contributed by atoms with Gasteiger partial charge < -0.3 is 5.32 Å². The molecule has 0 fully saturated rings. The summed E-state index contributed by atoms with van der Waals surface area (Å²) in [5.41, 5.74) is 2.23. The lowest BCUT2D eigenvalue weighted by Crippen LogP contribution is -1.91. The molecular weight excluding hydrogens is 266 g/mol. The summed E-state index contributed by atoms with van der Waals surface area (Å²) in [5, 5.41) is 11.9. The van der Waals surface area contributed by atoms with Crippen LogP contribution in [0.4, 0.5) is 11.4 Å². The van der Waals surface area contributed by atoms with Crippen molar-refractivity contribution in [3.05, 3.63) is 52.8 Å². The monoisotopic (exact) mass is 273 g/mol. The molecule has 2 rings (SSSR count). The molecule has 1 aromatic carbocycles. The minimum atomic E-state index is 0.405. The van der Waals surface area contributed by atoms with Crippen molar-refractivity contribution in [2.75, 3.05) is 5.32 Å². The van der Waals surface area contributed by atoms with Gasteiger partial charge in [-0.1, -0.05) is 15.9 Å². The summed E-state index contributed by atoms with van der Waals surface area (Å²) in [7, 11) is 0. The van der Waals surface area contributed by atoms with E-state index in [1.807, 2.05) is 36.4 Å². The van der Waals surface area contributed by atoms with Gasteiger partial charge in [0.2, 0.25) is 0 Å². The minimum Gasteiger partial charge on any atom is -0.355 e. The van der Waals surface area contributed by atoms with Gasteiger partial charge in [0.1, 0.15) is 11.8 Å². The molecule has 1 aromatic heterocycles. The van der Waals surface area contributed by atoms with Crippen molar-refractivity contribution >= 4 is 27.3 Å². The lowest BCUT2D eigenvalue weighted by Gasteiger charge is -2.05. The lowest BCUT2D eigenvalue weighted by molar-refractivity contribution is 1.26. The predicted octanol–water partition coefficient (Wildman–Crippen LogP) is 3.46. The van der Waals surface area contributed by atoms with Crippen molar-refractivity contribution in [3.8, 4) is 6.07 Å². The van der Waals surface area contributed by atoms with Gasteiger partial charge in [0.05, 0.1) is 0 Å². The minimum absolute atomic E-state index is 0.405. The number of aromatic nitrogens is 1. The van der Waals surface area contributed by atoms with E-state index in [0.717, 1.165) is 15.8 Å². The fraction of sp³-hybridized carbons (Fsp3) is 0. The number of anilines is 2. The summed E-state index contributed by atoms with van der Waals surface area (Å²) in [6.07, 6.45) is 1.61. The second kappa shape index (κ2) is 4.77. The first-order chi connectivity index (χ1) is 7.78. The Morgan fingerprint density at radius 1 is 1.12 bits per heavy atom.